The lowest BCUT2D eigenvalue weighted by molar-refractivity contribution is 0.0689. The van der Waals surface area contributed by atoms with Crippen molar-refractivity contribution in [2.24, 2.45) is 0 Å². The highest BCUT2D eigenvalue weighted by Crippen LogP contribution is 2.27. The third-order valence-electron chi connectivity index (χ3n) is 6.22. The van der Waals surface area contributed by atoms with E-state index in [0.717, 1.165) is 31.2 Å². The number of phenols is 1. The molecule has 3 rings (SSSR count). The van der Waals surface area contributed by atoms with Crippen molar-refractivity contribution in [3.05, 3.63) is 29.3 Å². The molecule has 2 fully saturated rings. The quantitative estimate of drug-likeness (QED) is 0.790. The molecule has 1 aliphatic heterocycles. The van der Waals surface area contributed by atoms with Gasteiger partial charge in [0.25, 0.3) is 16.1 Å². The second kappa shape index (κ2) is 9.02. The third kappa shape index (κ3) is 4.75. The van der Waals surface area contributed by atoms with Crippen LogP contribution in [0.2, 0.25) is 0 Å². The molecule has 1 aromatic rings. The largest absolute Gasteiger partial charge is 0.507 e. The summed E-state index contributed by atoms with van der Waals surface area (Å²) in [5.41, 5.74) is 1.24. The van der Waals surface area contributed by atoms with Gasteiger partial charge in [-0.25, -0.2) is 0 Å². The van der Waals surface area contributed by atoms with Crippen molar-refractivity contribution < 1.29 is 18.3 Å². The van der Waals surface area contributed by atoms with Crippen LogP contribution in [-0.4, -0.2) is 72.2 Å². The summed E-state index contributed by atoms with van der Waals surface area (Å²) in [5, 5.41) is 10.3. The number of carbonyl (C=O) groups is 1. The number of hydrogen-bond donors (Lipinski definition) is 1. The molecule has 162 valence electrons. The minimum Gasteiger partial charge on any atom is -0.507 e. The summed E-state index contributed by atoms with van der Waals surface area (Å²) in [6.07, 6.45) is 5.16. The lowest BCUT2D eigenvalue weighted by Crippen LogP contribution is -2.55. The van der Waals surface area contributed by atoms with Gasteiger partial charge in [0.2, 0.25) is 0 Å². The molecule has 1 saturated heterocycles. The SMILES string of the molecule is CC(C)c1ccc(C(=O)N2CCN(S(=O)(=O)N(C)C3CCCCC3)CC2)c(O)c1. The summed E-state index contributed by atoms with van der Waals surface area (Å²) in [5.74, 6) is -0.0104. The number of hydrogen-bond acceptors (Lipinski definition) is 4. The van der Waals surface area contributed by atoms with E-state index >= 15 is 0 Å². The number of carbonyl (C=O) groups excluding carboxylic acids is 1. The van der Waals surface area contributed by atoms with Crippen molar-refractivity contribution in [3.8, 4) is 5.75 Å². The van der Waals surface area contributed by atoms with E-state index in [0.29, 0.717) is 13.1 Å². The van der Waals surface area contributed by atoms with Gasteiger partial charge in [0.1, 0.15) is 5.75 Å². The number of benzene rings is 1. The van der Waals surface area contributed by atoms with Crippen molar-refractivity contribution in [1.29, 1.82) is 0 Å². The van der Waals surface area contributed by atoms with Gasteiger partial charge in [-0.05, 0) is 36.5 Å². The summed E-state index contributed by atoms with van der Waals surface area (Å²) in [7, 11) is -1.84. The molecule has 1 aliphatic carbocycles. The van der Waals surface area contributed by atoms with E-state index in [4.69, 9.17) is 0 Å². The Balaban J connectivity index is 1.63. The molecule has 0 atom stereocenters. The monoisotopic (exact) mass is 423 g/mol. The van der Waals surface area contributed by atoms with E-state index in [1.807, 2.05) is 19.9 Å². The number of nitrogens with zero attached hydrogens (tertiary/aromatic N) is 3. The molecule has 1 aromatic carbocycles. The van der Waals surface area contributed by atoms with Gasteiger partial charge in [0, 0.05) is 39.3 Å². The number of amides is 1. The van der Waals surface area contributed by atoms with Gasteiger partial charge in [-0.3, -0.25) is 4.79 Å². The van der Waals surface area contributed by atoms with Crippen molar-refractivity contribution in [2.45, 2.75) is 57.9 Å². The van der Waals surface area contributed by atoms with Gasteiger partial charge < -0.3 is 10.0 Å². The Labute approximate surface area is 174 Å². The van der Waals surface area contributed by atoms with Crippen molar-refractivity contribution in [1.82, 2.24) is 13.5 Å². The summed E-state index contributed by atoms with van der Waals surface area (Å²) in [6.45, 7) is 5.25. The van der Waals surface area contributed by atoms with Crippen LogP contribution < -0.4 is 0 Å². The predicted molar refractivity (Wildman–Crippen MR) is 113 cm³/mol. The van der Waals surface area contributed by atoms with E-state index < -0.39 is 10.2 Å². The van der Waals surface area contributed by atoms with E-state index in [9.17, 15) is 18.3 Å². The first-order valence-electron chi connectivity index (χ1n) is 10.6. The van der Waals surface area contributed by atoms with Gasteiger partial charge in [0.05, 0.1) is 5.56 Å². The maximum Gasteiger partial charge on any atom is 0.282 e. The number of rotatable bonds is 5. The first-order valence-corrected chi connectivity index (χ1v) is 12.0. The predicted octanol–water partition coefficient (Wildman–Crippen LogP) is 2.78. The fourth-order valence-electron chi connectivity index (χ4n) is 4.20. The van der Waals surface area contributed by atoms with Gasteiger partial charge >= 0.3 is 0 Å². The van der Waals surface area contributed by atoms with Gasteiger partial charge in [-0.2, -0.15) is 17.0 Å². The second-order valence-corrected chi connectivity index (χ2v) is 10.4. The number of aromatic hydroxyl groups is 1. The Kier molecular flexibility index (Phi) is 6.86. The average Bonchev–Trinajstić information content (AvgIpc) is 2.73. The van der Waals surface area contributed by atoms with E-state index in [2.05, 4.69) is 0 Å². The fourth-order valence-corrected chi connectivity index (χ4v) is 5.77. The summed E-state index contributed by atoms with van der Waals surface area (Å²) < 4.78 is 29.0. The third-order valence-corrected chi connectivity index (χ3v) is 8.27. The second-order valence-electron chi connectivity index (χ2n) is 8.44. The summed E-state index contributed by atoms with van der Waals surface area (Å²) in [4.78, 5) is 14.4. The van der Waals surface area contributed by atoms with E-state index in [1.165, 1.54) is 15.0 Å². The Hall–Kier alpha value is -1.64. The molecule has 1 saturated carbocycles. The smallest absolute Gasteiger partial charge is 0.282 e. The Morgan fingerprint density at radius 3 is 2.28 bits per heavy atom. The van der Waals surface area contributed by atoms with Crippen LogP contribution >= 0.6 is 0 Å². The van der Waals surface area contributed by atoms with Crippen LogP contribution in [0.4, 0.5) is 0 Å². The molecule has 0 spiro atoms. The zero-order valence-electron chi connectivity index (χ0n) is 17.7. The lowest BCUT2D eigenvalue weighted by Gasteiger charge is -2.38. The summed E-state index contributed by atoms with van der Waals surface area (Å²) in [6, 6.07) is 5.23. The molecule has 7 nitrogen and oxygen atoms in total. The zero-order chi connectivity index (χ0) is 21.2. The van der Waals surface area contributed by atoms with Crippen molar-refractivity contribution >= 4 is 16.1 Å². The van der Waals surface area contributed by atoms with Gasteiger partial charge in [-0.1, -0.05) is 39.2 Å². The molecule has 1 amide bonds. The molecule has 29 heavy (non-hydrogen) atoms. The average molecular weight is 424 g/mol. The molecule has 0 radical (unpaired) electrons. The van der Waals surface area contributed by atoms with Crippen molar-refractivity contribution in [3.63, 3.8) is 0 Å². The highest BCUT2D eigenvalue weighted by atomic mass is 32.2. The molecular formula is C21H33N3O4S. The highest BCUT2D eigenvalue weighted by Gasteiger charge is 2.35. The fraction of sp³-hybridized carbons (Fsp3) is 0.667. The van der Waals surface area contributed by atoms with E-state index in [1.54, 1.807) is 24.1 Å². The molecule has 8 heteroatoms. The van der Waals surface area contributed by atoms with Crippen LogP contribution in [0.1, 0.15) is 67.8 Å². The highest BCUT2D eigenvalue weighted by molar-refractivity contribution is 7.86. The summed E-state index contributed by atoms with van der Waals surface area (Å²) >= 11 is 0. The Bertz CT molecular complexity index is 826. The normalized spacial score (nSPS) is 19.8. The standard InChI is InChI=1S/C21H33N3O4S/c1-16(2)17-9-10-19(20(25)15-17)21(26)23-11-13-24(14-12-23)29(27,28)22(3)18-7-5-4-6-8-18/h9-10,15-16,18,25H,4-8,11-14H2,1-3H3. The minimum absolute atomic E-state index is 0.0201. The van der Waals surface area contributed by atoms with Crippen LogP contribution in [0.5, 0.6) is 5.75 Å². The van der Waals surface area contributed by atoms with Crippen LogP contribution in [-0.2, 0) is 10.2 Å². The molecular weight excluding hydrogens is 390 g/mol. The van der Waals surface area contributed by atoms with E-state index in [-0.39, 0.29) is 42.3 Å². The molecule has 1 heterocycles. The molecule has 1 N–H and O–H groups in total. The molecule has 2 aliphatic rings. The lowest BCUT2D eigenvalue weighted by atomic mass is 9.96. The first-order chi connectivity index (χ1) is 13.7. The van der Waals surface area contributed by atoms with Gasteiger partial charge in [0.15, 0.2) is 0 Å². The first kappa shape index (κ1) is 22.1. The Morgan fingerprint density at radius 1 is 1.10 bits per heavy atom. The van der Waals surface area contributed by atoms with Crippen LogP contribution in [0.15, 0.2) is 18.2 Å². The Morgan fingerprint density at radius 2 is 1.72 bits per heavy atom. The zero-order valence-corrected chi connectivity index (χ0v) is 18.5. The number of piperazine rings is 1. The molecule has 0 aromatic heterocycles. The van der Waals surface area contributed by atoms with Crippen LogP contribution in [0.25, 0.3) is 0 Å². The van der Waals surface area contributed by atoms with Crippen LogP contribution in [0, 0.1) is 0 Å². The number of phenolic OH excluding ortho intramolecular Hbond substituents is 1. The molecule has 0 unspecified atom stereocenters. The van der Waals surface area contributed by atoms with Gasteiger partial charge in [-0.15, -0.1) is 0 Å². The van der Waals surface area contributed by atoms with Crippen molar-refractivity contribution in [2.75, 3.05) is 33.2 Å². The maximum absolute atomic E-state index is 13.0. The maximum atomic E-state index is 13.0. The van der Waals surface area contributed by atoms with Crippen LogP contribution in [0.3, 0.4) is 0 Å². The minimum atomic E-state index is -3.52. The molecule has 0 bridgehead atoms. The topological polar surface area (TPSA) is 81.2 Å².